The second-order valence-electron chi connectivity index (χ2n) is 3.25. The minimum Gasteiger partial charge on any atom is -0.416 e. The molecule has 2 heterocycles. The van der Waals surface area contributed by atoms with Crippen molar-refractivity contribution in [2.75, 3.05) is 5.43 Å². The molecule has 0 atom stereocenters. The Labute approximate surface area is 108 Å². The highest BCUT2D eigenvalue weighted by Gasteiger charge is 2.34. The number of hydrogen-bond acceptors (Lipinski definition) is 8. The van der Waals surface area contributed by atoms with E-state index in [1.807, 2.05) is 5.43 Å². The van der Waals surface area contributed by atoms with Crippen molar-refractivity contribution in [3.63, 3.8) is 0 Å². The summed E-state index contributed by atoms with van der Waals surface area (Å²) in [4.78, 5) is 6.98. The molecule has 0 aromatic carbocycles. The van der Waals surface area contributed by atoms with Crippen LogP contribution in [-0.4, -0.2) is 20.2 Å². The van der Waals surface area contributed by atoms with Crippen molar-refractivity contribution in [2.24, 2.45) is 5.84 Å². The number of halogens is 3. The molecule has 0 unspecified atom stereocenters. The number of nitrogens with zero attached hydrogens (tertiary/aromatic N) is 4. The van der Waals surface area contributed by atoms with Crippen LogP contribution < -0.4 is 11.3 Å². The number of hydrazine groups is 1. The molecule has 0 aliphatic heterocycles. The molecular weight excluding hydrogens is 285 g/mol. The third kappa shape index (κ3) is 3.32. The van der Waals surface area contributed by atoms with Crippen LogP contribution in [-0.2, 0) is 6.18 Å². The zero-order valence-corrected chi connectivity index (χ0v) is 10.2. The maximum Gasteiger partial charge on any atom is 0.433 e. The molecule has 0 saturated heterocycles. The molecule has 0 radical (unpaired) electrons. The van der Waals surface area contributed by atoms with Gasteiger partial charge < -0.3 is 4.42 Å². The second-order valence-corrected chi connectivity index (χ2v) is 4.22. The van der Waals surface area contributed by atoms with Crippen LogP contribution in [0.1, 0.15) is 11.6 Å². The van der Waals surface area contributed by atoms with Crippen molar-refractivity contribution in [3.8, 4) is 0 Å². The van der Waals surface area contributed by atoms with Gasteiger partial charge in [0, 0.05) is 13.0 Å². The molecule has 2 rings (SSSR count). The van der Waals surface area contributed by atoms with Crippen molar-refractivity contribution < 1.29 is 17.6 Å². The average Bonchev–Trinajstić information content (AvgIpc) is 2.73. The van der Waals surface area contributed by atoms with Crippen molar-refractivity contribution >= 4 is 17.7 Å². The quantitative estimate of drug-likeness (QED) is 0.500. The highest BCUT2D eigenvalue weighted by atomic mass is 32.2. The topological polar surface area (TPSA) is 103 Å². The summed E-state index contributed by atoms with van der Waals surface area (Å²) in [6.45, 7) is 1.56. The Balaban J connectivity index is 2.34. The summed E-state index contributed by atoms with van der Waals surface area (Å²) >= 11 is 0.781. The van der Waals surface area contributed by atoms with Crippen LogP contribution >= 0.6 is 11.8 Å². The summed E-state index contributed by atoms with van der Waals surface area (Å²) in [7, 11) is 0. The van der Waals surface area contributed by atoms with Crippen LogP contribution in [0.3, 0.4) is 0 Å². The molecule has 0 spiro atoms. The van der Waals surface area contributed by atoms with E-state index in [1.54, 1.807) is 6.92 Å². The fraction of sp³-hybridized carbons (Fsp3) is 0.250. The third-order valence-electron chi connectivity index (χ3n) is 1.82. The van der Waals surface area contributed by atoms with Gasteiger partial charge in [0.05, 0.1) is 0 Å². The lowest BCUT2D eigenvalue weighted by molar-refractivity contribution is -0.141. The van der Waals surface area contributed by atoms with E-state index in [1.165, 1.54) is 0 Å². The van der Waals surface area contributed by atoms with Gasteiger partial charge in [0.15, 0.2) is 5.69 Å². The summed E-state index contributed by atoms with van der Waals surface area (Å²) < 4.78 is 42.9. The summed E-state index contributed by atoms with van der Waals surface area (Å²) in [6, 6.07) is 0.769. The summed E-state index contributed by atoms with van der Waals surface area (Å²) in [5.41, 5.74) is 0.852. The number of hydrogen-bond donors (Lipinski definition) is 2. The van der Waals surface area contributed by atoms with Gasteiger partial charge in [0.2, 0.25) is 11.8 Å². The van der Waals surface area contributed by atoms with E-state index in [0.717, 1.165) is 17.8 Å². The molecule has 19 heavy (non-hydrogen) atoms. The van der Waals surface area contributed by atoms with Crippen molar-refractivity contribution in [2.45, 2.75) is 23.3 Å². The number of aromatic nitrogens is 4. The molecule has 11 heteroatoms. The van der Waals surface area contributed by atoms with Crippen LogP contribution in [0.5, 0.6) is 0 Å². The number of nitrogens with two attached hydrogens (primary N) is 1. The minimum absolute atomic E-state index is 0.0149. The van der Waals surface area contributed by atoms with Gasteiger partial charge in [-0.1, -0.05) is 0 Å². The van der Waals surface area contributed by atoms with Gasteiger partial charge in [0.1, 0.15) is 5.03 Å². The summed E-state index contributed by atoms with van der Waals surface area (Å²) in [6.07, 6.45) is -4.60. The first-order valence-corrected chi connectivity index (χ1v) is 5.61. The van der Waals surface area contributed by atoms with Crippen LogP contribution in [0.25, 0.3) is 0 Å². The predicted molar refractivity (Wildman–Crippen MR) is 58.0 cm³/mol. The molecule has 2 aromatic heterocycles. The van der Waals surface area contributed by atoms with E-state index in [4.69, 9.17) is 10.3 Å². The number of aryl methyl sites for hydroxylation is 1. The maximum absolute atomic E-state index is 12.6. The molecule has 0 bridgehead atoms. The molecule has 102 valence electrons. The molecular formula is C8H7F3N6OS. The van der Waals surface area contributed by atoms with Crippen LogP contribution in [0.15, 0.2) is 20.7 Å². The Morgan fingerprint density at radius 2 is 2.05 bits per heavy atom. The van der Waals surface area contributed by atoms with Crippen molar-refractivity contribution in [3.05, 3.63) is 17.7 Å². The standard InChI is InChI=1S/C8H7F3N6OS/c1-3-16-17-7(18-3)19-5-2-4(8(9,10)11)13-6(14-5)15-12/h2H,12H2,1H3,(H,13,14,15). The van der Waals surface area contributed by atoms with Gasteiger partial charge in [-0.15, -0.1) is 10.2 Å². The lowest BCUT2D eigenvalue weighted by Gasteiger charge is -2.08. The van der Waals surface area contributed by atoms with Crippen LogP contribution in [0.2, 0.25) is 0 Å². The highest BCUT2D eigenvalue weighted by molar-refractivity contribution is 7.99. The first kappa shape index (κ1) is 13.5. The Morgan fingerprint density at radius 1 is 1.32 bits per heavy atom. The largest absolute Gasteiger partial charge is 0.433 e. The van der Waals surface area contributed by atoms with Gasteiger partial charge >= 0.3 is 6.18 Å². The molecule has 7 nitrogen and oxygen atoms in total. The van der Waals surface area contributed by atoms with E-state index < -0.39 is 11.9 Å². The molecule has 0 aliphatic carbocycles. The Hall–Kier alpha value is -1.88. The molecule has 2 aromatic rings. The third-order valence-corrected chi connectivity index (χ3v) is 2.58. The van der Waals surface area contributed by atoms with Gasteiger partial charge in [-0.2, -0.15) is 13.2 Å². The monoisotopic (exact) mass is 292 g/mol. The van der Waals surface area contributed by atoms with Gasteiger partial charge in [-0.3, -0.25) is 5.43 Å². The molecule has 0 fully saturated rings. The number of anilines is 1. The first-order chi connectivity index (χ1) is 8.88. The minimum atomic E-state index is -4.60. The van der Waals surface area contributed by atoms with Gasteiger partial charge in [0.25, 0.3) is 5.22 Å². The molecule has 0 aliphatic rings. The van der Waals surface area contributed by atoms with Crippen LogP contribution in [0, 0.1) is 6.92 Å². The second kappa shape index (κ2) is 5.01. The number of rotatable bonds is 3. The maximum atomic E-state index is 12.6. The lowest BCUT2D eigenvalue weighted by atomic mass is 10.4. The first-order valence-electron chi connectivity index (χ1n) is 4.79. The Kier molecular flexibility index (Phi) is 3.57. The van der Waals surface area contributed by atoms with E-state index >= 15 is 0 Å². The molecule has 0 amide bonds. The van der Waals surface area contributed by atoms with Crippen molar-refractivity contribution in [1.82, 2.24) is 20.2 Å². The average molecular weight is 292 g/mol. The van der Waals surface area contributed by atoms with E-state index in [0.29, 0.717) is 5.89 Å². The summed E-state index contributed by atoms with van der Waals surface area (Å²) in [5.74, 6) is 4.97. The predicted octanol–water partition coefficient (Wildman–Crippen LogP) is 1.62. The smallest absolute Gasteiger partial charge is 0.416 e. The lowest BCUT2D eigenvalue weighted by Crippen LogP contribution is -2.15. The number of nitrogens with one attached hydrogen (secondary N) is 1. The zero-order chi connectivity index (χ0) is 14.0. The van der Waals surface area contributed by atoms with Gasteiger partial charge in [-0.25, -0.2) is 15.8 Å². The van der Waals surface area contributed by atoms with E-state index in [2.05, 4.69) is 20.2 Å². The fourth-order valence-corrected chi connectivity index (χ4v) is 1.82. The van der Waals surface area contributed by atoms with Gasteiger partial charge in [-0.05, 0) is 11.8 Å². The highest BCUT2D eigenvalue weighted by Crippen LogP contribution is 2.32. The normalized spacial score (nSPS) is 11.6. The zero-order valence-electron chi connectivity index (χ0n) is 9.39. The molecule has 3 N–H and O–H groups in total. The number of alkyl halides is 3. The SMILES string of the molecule is Cc1nnc(Sc2cc(C(F)(F)F)nc(NN)n2)o1. The number of nitrogen functional groups attached to an aromatic ring is 1. The fourth-order valence-electron chi connectivity index (χ4n) is 1.10. The van der Waals surface area contributed by atoms with Crippen LogP contribution in [0.4, 0.5) is 19.1 Å². The Morgan fingerprint density at radius 3 is 2.58 bits per heavy atom. The Bertz CT molecular complexity index is 586. The van der Waals surface area contributed by atoms with Crippen molar-refractivity contribution in [1.29, 1.82) is 0 Å². The van der Waals surface area contributed by atoms with E-state index in [9.17, 15) is 13.2 Å². The van der Waals surface area contributed by atoms with E-state index in [-0.39, 0.29) is 16.2 Å². The summed E-state index contributed by atoms with van der Waals surface area (Å²) in [5, 5.41) is 7.26. The molecule has 0 saturated carbocycles.